The average Bonchev–Trinajstić information content (AvgIpc) is 2.67. The van der Waals surface area contributed by atoms with Crippen molar-refractivity contribution in [3.63, 3.8) is 0 Å². The summed E-state index contributed by atoms with van der Waals surface area (Å²) in [7, 11) is 0. The van der Waals surface area contributed by atoms with Crippen molar-refractivity contribution in [2.75, 3.05) is 0 Å². The van der Waals surface area contributed by atoms with Gasteiger partial charge in [0.2, 0.25) is 23.5 Å². The summed E-state index contributed by atoms with van der Waals surface area (Å²) in [6, 6.07) is 6.04. The second kappa shape index (κ2) is 10.2. The maximum Gasteiger partial charge on any atom is 0.305 e. The van der Waals surface area contributed by atoms with Gasteiger partial charge in [-0.05, 0) is 29.3 Å². The van der Waals surface area contributed by atoms with Crippen LogP contribution < -0.4 is 16.4 Å². The van der Waals surface area contributed by atoms with E-state index in [2.05, 4.69) is 10.6 Å². The van der Waals surface area contributed by atoms with Crippen LogP contribution in [0.25, 0.3) is 0 Å². The SMILES string of the molecule is CC(=O)N[C@H](Cc1cccc(F)c1)C(=O)N[C@@H](Cc1ccc(F)c([N+](=O)[O-])c1)C(N)=O. The number of nitrogens with two attached hydrogens (primary N) is 1. The largest absolute Gasteiger partial charge is 0.368 e. The second-order valence-electron chi connectivity index (χ2n) is 6.80. The molecule has 3 amide bonds. The summed E-state index contributed by atoms with van der Waals surface area (Å²) in [4.78, 5) is 46.0. The van der Waals surface area contributed by atoms with Crippen LogP contribution in [0.2, 0.25) is 0 Å². The first-order valence-electron chi connectivity index (χ1n) is 9.11. The van der Waals surface area contributed by atoms with E-state index in [1.165, 1.54) is 31.2 Å². The molecule has 0 aromatic heterocycles. The van der Waals surface area contributed by atoms with Gasteiger partial charge in [-0.3, -0.25) is 24.5 Å². The summed E-state index contributed by atoms with van der Waals surface area (Å²) in [6.45, 7) is 1.19. The monoisotopic (exact) mass is 434 g/mol. The van der Waals surface area contributed by atoms with Gasteiger partial charge in [-0.15, -0.1) is 0 Å². The summed E-state index contributed by atoms with van der Waals surface area (Å²) in [5.41, 5.74) is 5.18. The van der Waals surface area contributed by atoms with E-state index in [1.807, 2.05) is 0 Å². The van der Waals surface area contributed by atoms with Gasteiger partial charge in [0, 0.05) is 25.8 Å². The van der Waals surface area contributed by atoms with Gasteiger partial charge in [0.25, 0.3) is 0 Å². The fourth-order valence-electron chi connectivity index (χ4n) is 2.91. The molecule has 0 saturated carbocycles. The first-order valence-corrected chi connectivity index (χ1v) is 9.11. The molecule has 0 saturated heterocycles. The number of benzene rings is 2. The lowest BCUT2D eigenvalue weighted by molar-refractivity contribution is -0.387. The van der Waals surface area contributed by atoms with Crippen molar-refractivity contribution in [2.24, 2.45) is 5.73 Å². The molecule has 11 heteroatoms. The Labute approximate surface area is 175 Å². The fourth-order valence-corrected chi connectivity index (χ4v) is 2.91. The summed E-state index contributed by atoms with van der Waals surface area (Å²) in [6.07, 6.45) is -0.300. The molecule has 0 aliphatic rings. The highest BCUT2D eigenvalue weighted by molar-refractivity contribution is 5.91. The van der Waals surface area contributed by atoms with Gasteiger partial charge < -0.3 is 16.4 Å². The first kappa shape index (κ1) is 23.4. The van der Waals surface area contributed by atoms with Crippen LogP contribution >= 0.6 is 0 Å². The Kier molecular flexibility index (Phi) is 7.72. The lowest BCUT2D eigenvalue weighted by Gasteiger charge is -2.22. The summed E-state index contributed by atoms with van der Waals surface area (Å²) in [5, 5.41) is 15.7. The molecule has 31 heavy (non-hydrogen) atoms. The third-order valence-corrected chi connectivity index (χ3v) is 4.33. The maximum atomic E-state index is 13.5. The number of carbonyl (C=O) groups is 3. The number of nitrogens with one attached hydrogen (secondary N) is 2. The Morgan fingerprint density at radius 3 is 2.26 bits per heavy atom. The molecular weight excluding hydrogens is 414 g/mol. The molecule has 2 atom stereocenters. The van der Waals surface area contributed by atoms with Gasteiger partial charge in [0.1, 0.15) is 17.9 Å². The summed E-state index contributed by atoms with van der Waals surface area (Å²) < 4.78 is 27.0. The standard InChI is InChI=1S/C20H20F2N4O5/c1-11(27)24-17(9-12-3-2-4-14(21)7-12)20(29)25-16(19(23)28)8-13-5-6-15(22)18(10-13)26(30)31/h2-7,10,16-17H,8-9H2,1H3,(H2,23,28)(H,24,27)(H,25,29)/t16-,17+/m0/s1. The van der Waals surface area contributed by atoms with Crippen molar-refractivity contribution in [2.45, 2.75) is 31.8 Å². The molecule has 0 unspecified atom stereocenters. The quantitative estimate of drug-likeness (QED) is 0.400. The number of nitrogens with zero attached hydrogens (tertiary/aromatic N) is 1. The number of halogens is 2. The predicted molar refractivity (Wildman–Crippen MR) is 106 cm³/mol. The molecule has 2 aromatic carbocycles. The second-order valence-corrected chi connectivity index (χ2v) is 6.80. The van der Waals surface area contributed by atoms with Crippen LogP contribution in [-0.2, 0) is 27.2 Å². The smallest absolute Gasteiger partial charge is 0.305 e. The minimum atomic E-state index is -1.29. The normalized spacial score (nSPS) is 12.5. The highest BCUT2D eigenvalue weighted by Gasteiger charge is 2.26. The zero-order chi connectivity index (χ0) is 23.1. The highest BCUT2D eigenvalue weighted by atomic mass is 19.1. The topological polar surface area (TPSA) is 144 Å². The van der Waals surface area contributed by atoms with E-state index in [0.29, 0.717) is 5.56 Å². The third-order valence-electron chi connectivity index (χ3n) is 4.33. The minimum absolute atomic E-state index is 0.0589. The van der Waals surface area contributed by atoms with Crippen LogP contribution in [0.1, 0.15) is 18.1 Å². The van der Waals surface area contributed by atoms with E-state index in [9.17, 15) is 33.3 Å². The van der Waals surface area contributed by atoms with Gasteiger partial charge in [-0.1, -0.05) is 18.2 Å². The van der Waals surface area contributed by atoms with E-state index in [-0.39, 0.29) is 18.4 Å². The Bertz CT molecular complexity index is 1010. The first-order chi connectivity index (χ1) is 14.6. The van der Waals surface area contributed by atoms with E-state index < -0.39 is 52.1 Å². The van der Waals surface area contributed by atoms with Gasteiger partial charge >= 0.3 is 5.69 Å². The number of hydrogen-bond donors (Lipinski definition) is 3. The molecule has 0 spiro atoms. The molecule has 0 fully saturated rings. The number of amides is 3. The molecule has 0 heterocycles. The zero-order valence-corrected chi connectivity index (χ0v) is 16.4. The van der Waals surface area contributed by atoms with Gasteiger partial charge in [-0.25, -0.2) is 4.39 Å². The molecule has 164 valence electrons. The van der Waals surface area contributed by atoms with E-state index >= 15 is 0 Å². The molecule has 0 aliphatic heterocycles. The molecule has 2 rings (SSSR count). The Hall–Kier alpha value is -3.89. The highest BCUT2D eigenvalue weighted by Crippen LogP contribution is 2.19. The average molecular weight is 434 g/mol. The summed E-state index contributed by atoms with van der Waals surface area (Å²) in [5.74, 6) is -3.80. The van der Waals surface area contributed by atoms with Crippen molar-refractivity contribution in [3.8, 4) is 0 Å². The van der Waals surface area contributed by atoms with Crippen LogP contribution in [-0.4, -0.2) is 34.7 Å². The molecular formula is C20H20F2N4O5. The van der Waals surface area contributed by atoms with Crippen LogP contribution in [0.4, 0.5) is 14.5 Å². The molecule has 0 bridgehead atoms. The molecule has 0 aliphatic carbocycles. The molecule has 4 N–H and O–H groups in total. The minimum Gasteiger partial charge on any atom is -0.368 e. The van der Waals surface area contributed by atoms with Crippen LogP contribution in [0.5, 0.6) is 0 Å². The Balaban J connectivity index is 2.19. The van der Waals surface area contributed by atoms with Crippen molar-refractivity contribution in [1.82, 2.24) is 10.6 Å². The van der Waals surface area contributed by atoms with Crippen LogP contribution in [0, 0.1) is 21.7 Å². The van der Waals surface area contributed by atoms with Gasteiger partial charge in [-0.2, -0.15) is 4.39 Å². The number of nitro groups is 1. The predicted octanol–water partition coefficient (Wildman–Crippen LogP) is 1.13. The van der Waals surface area contributed by atoms with Crippen molar-refractivity contribution in [1.29, 1.82) is 0 Å². The number of nitro benzene ring substituents is 1. The van der Waals surface area contributed by atoms with E-state index in [1.54, 1.807) is 6.07 Å². The summed E-state index contributed by atoms with van der Waals surface area (Å²) >= 11 is 0. The van der Waals surface area contributed by atoms with Crippen LogP contribution in [0.3, 0.4) is 0 Å². The van der Waals surface area contributed by atoms with Crippen molar-refractivity contribution < 1.29 is 28.1 Å². The fraction of sp³-hybridized carbons (Fsp3) is 0.250. The van der Waals surface area contributed by atoms with Gasteiger partial charge in [0.15, 0.2) is 0 Å². The van der Waals surface area contributed by atoms with Crippen molar-refractivity contribution >= 4 is 23.4 Å². The number of carbonyl (C=O) groups excluding carboxylic acids is 3. The molecule has 9 nitrogen and oxygen atoms in total. The zero-order valence-electron chi connectivity index (χ0n) is 16.4. The molecule has 0 radical (unpaired) electrons. The van der Waals surface area contributed by atoms with Crippen molar-refractivity contribution in [3.05, 3.63) is 75.3 Å². The molecule has 2 aromatic rings. The lowest BCUT2D eigenvalue weighted by Crippen LogP contribution is -2.54. The van der Waals surface area contributed by atoms with Crippen LogP contribution in [0.15, 0.2) is 42.5 Å². The number of primary amides is 1. The third kappa shape index (κ3) is 6.84. The van der Waals surface area contributed by atoms with E-state index in [0.717, 1.165) is 12.1 Å². The van der Waals surface area contributed by atoms with E-state index in [4.69, 9.17) is 5.73 Å². The Morgan fingerprint density at radius 2 is 1.68 bits per heavy atom. The number of hydrogen-bond acceptors (Lipinski definition) is 5. The number of rotatable bonds is 9. The lowest BCUT2D eigenvalue weighted by atomic mass is 10.0. The van der Waals surface area contributed by atoms with Gasteiger partial charge in [0.05, 0.1) is 4.92 Å². The maximum absolute atomic E-state index is 13.5. The Morgan fingerprint density at radius 1 is 1.03 bits per heavy atom.